The van der Waals surface area contributed by atoms with Crippen molar-refractivity contribution in [2.75, 3.05) is 7.11 Å². The standard InChI is InChI=1S/C12H14NO3P/c1-9-3-6-12-10(7-9)4-5-11(13-12)8-17(14,15)16-2/h3-7H,8H2,1-2H3,(H,14,15). The maximum Gasteiger partial charge on any atom is 0.333 e. The van der Waals surface area contributed by atoms with Crippen LogP contribution in [0.1, 0.15) is 11.3 Å². The van der Waals surface area contributed by atoms with Crippen LogP contribution < -0.4 is 0 Å². The Morgan fingerprint density at radius 2 is 2.12 bits per heavy atom. The van der Waals surface area contributed by atoms with Crippen LogP contribution in [0.5, 0.6) is 0 Å². The highest BCUT2D eigenvalue weighted by atomic mass is 31.2. The van der Waals surface area contributed by atoms with Crippen molar-refractivity contribution in [3.8, 4) is 0 Å². The first kappa shape index (κ1) is 12.2. The molecule has 0 fully saturated rings. The third-order valence-electron chi connectivity index (χ3n) is 2.55. The minimum Gasteiger partial charge on any atom is -0.324 e. The second-order valence-corrected chi connectivity index (χ2v) is 5.93. The highest BCUT2D eigenvalue weighted by molar-refractivity contribution is 7.51. The Kier molecular flexibility index (Phi) is 3.29. The first-order chi connectivity index (χ1) is 8.00. The fraction of sp³-hybridized carbons (Fsp3) is 0.250. The molecule has 1 heterocycles. The molecule has 0 bridgehead atoms. The molecule has 1 unspecified atom stereocenters. The van der Waals surface area contributed by atoms with Crippen LogP contribution in [0.2, 0.25) is 0 Å². The molecule has 1 N–H and O–H groups in total. The molecule has 17 heavy (non-hydrogen) atoms. The van der Waals surface area contributed by atoms with Gasteiger partial charge in [-0.25, -0.2) is 0 Å². The van der Waals surface area contributed by atoms with Crippen LogP contribution >= 0.6 is 7.60 Å². The SMILES string of the molecule is COP(=O)(O)Cc1ccc2cc(C)ccc2n1. The lowest BCUT2D eigenvalue weighted by Crippen LogP contribution is -1.94. The number of hydrogen-bond donors (Lipinski definition) is 1. The van der Waals surface area contributed by atoms with Gasteiger partial charge in [0.25, 0.3) is 0 Å². The van der Waals surface area contributed by atoms with Gasteiger partial charge in [0.1, 0.15) is 0 Å². The lowest BCUT2D eigenvalue weighted by atomic mass is 10.1. The molecule has 2 rings (SSSR count). The Morgan fingerprint density at radius 3 is 2.82 bits per heavy atom. The van der Waals surface area contributed by atoms with Crippen molar-refractivity contribution in [3.05, 3.63) is 41.6 Å². The van der Waals surface area contributed by atoms with Gasteiger partial charge in [-0.15, -0.1) is 0 Å². The summed E-state index contributed by atoms with van der Waals surface area (Å²) in [5.74, 6) is 0. The molecule has 1 aromatic carbocycles. The number of hydrogen-bond acceptors (Lipinski definition) is 3. The van der Waals surface area contributed by atoms with Gasteiger partial charge < -0.3 is 9.42 Å². The lowest BCUT2D eigenvalue weighted by Gasteiger charge is -2.08. The van der Waals surface area contributed by atoms with Gasteiger partial charge in [0, 0.05) is 12.5 Å². The third-order valence-corrected chi connectivity index (χ3v) is 3.84. The zero-order valence-corrected chi connectivity index (χ0v) is 10.6. The van der Waals surface area contributed by atoms with Crippen molar-refractivity contribution in [3.63, 3.8) is 0 Å². The van der Waals surface area contributed by atoms with Gasteiger partial charge in [0.2, 0.25) is 0 Å². The Bertz CT molecular complexity index is 597. The Balaban J connectivity index is 2.39. The zero-order chi connectivity index (χ0) is 12.5. The molecule has 0 saturated carbocycles. The van der Waals surface area contributed by atoms with E-state index < -0.39 is 7.60 Å². The fourth-order valence-corrected chi connectivity index (χ4v) is 2.36. The molecule has 0 saturated heterocycles. The van der Waals surface area contributed by atoms with E-state index in [1.54, 1.807) is 6.07 Å². The van der Waals surface area contributed by atoms with Crippen LogP contribution in [0.15, 0.2) is 30.3 Å². The molecule has 1 atom stereocenters. The van der Waals surface area contributed by atoms with Crippen molar-refractivity contribution in [2.24, 2.45) is 0 Å². The molecular weight excluding hydrogens is 237 g/mol. The van der Waals surface area contributed by atoms with E-state index in [9.17, 15) is 9.46 Å². The summed E-state index contributed by atoms with van der Waals surface area (Å²) in [6.07, 6.45) is -0.0622. The first-order valence-electron chi connectivity index (χ1n) is 5.24. The second kappa shape index (κ2) is 4.57. The second-order valence-electron chi connectivity index (χ2n) is 3.98. The maximum absolute atomic E-state index is 11.4. The molecule has 0 aliphatic rings. The average molecular weight is 251 g/mol. The van der Waals surface area contributed by atoms with E-state index in [2.05, 4.69) is 9.51 Å². The van der Waals surface area contributed by atoms with E-state index in [0.717, 1.165) is 16.5 Å². The van der Waals surface area contributed by atoms with Crippen LogP contribution in [0.4, 0.5) is 0 Å². The van der Waals surface area contributed by atoms with Gasteiger partial charge in [0.05, 0.1) is 17.4 Å². The van der Waals surface area contributed by atoms with E-state index in [4.69, 9.17) is 0 Å². The summed E-state index contributed by atoms with van der Waals surface area (Å²) >= 11 is 0. The predicted octanol–water partition coefficient (Wildman–Crippen LogP) is 2.88. The number of nitrogens with zero attached hydrogens (tertiary/aromatic N) is 1. The normalized spacial score (nSPS) is 14.8. The average Bonchev–Trinajstić information content (AvgIpc) is 2.29. The van der Waals surface area contributed by atoms with E-state index in [1.165, 1.54) is 7.11 Å². The van der Waals surface area contributed by atoms with Gasteiger partial charge in [-0.1, -0.05) is 17.7 Å². The quantitative estimate of drug-likeness (QED) is 0.852. The predicted molar refractivity (Wildman–Crippen MR) is 67.0 cm³/mol. The third kappa shape index (κ3) is 2.91. The highest BCUT2D eigenvalue weighted by Gasteiger charge is 2.18. The maximum atomic E-state index is 11.4. The summed E-state index contributed by atoms with van der Waals surface area (Å²) < 4.78 is 16.0. The van der Waals surface area contributed by atoms with Crippen LogP contribution in [-0.4, -0.2) is 17.0 Å². The molecule has 1 aromatic heterocycles. The Labute approximate surface area is 99.8 Å². The molecule has 0 radical (unpaired) electrons. The lowest BCUT2D eigenvalue weighted by molar-refractivity contribution is 0.314. The molecule has 0 aliphatic carbocycles. The van der Waals surface area contributed by atoms with Crippen molar-refractivity contribution >= 4 is 18.5 Å². The van der Waals surface area contributed by atoms with E-state index in [1.807, 2.05) is 31.2 Å². The largest absolute Gasteiger partial charge is 0.333 e. The molecule has 90 valence electrons. The van der Waals surface area contributed by atoms with Gasteiger partial charge in [-0.3, -0.25) is 9.55 Å². The first-order valence-corrected chi connectivity index (χ1v) is 7.00. The monoisotopic (exact) mass is 251 g/mol. The Hall–Kier alpha value is -1.22. The summed E-state index contributed by atoms with van der Waals surface area (Å²) in [5.41, 5.74) is 2.55. The van der Waals surface area contributed by atoms with E-state index in [0.29, 0.717) is 5.69 Å². The van der Waals surface area contributed by atoms with Crippen molar-refractivity contribution in [1.29, 1.82) is 0 Å². The van der Waals surface area contributed by atoms with Crippen LogP contribution in [0.3, 0.4) is 0 Å². The smallest absolute Gasteiger partial charge is 0.324 e. The molecular formula is C12H14NO3P. The number of pyridine rings is 1. The molecule has 0 spiro atoms. The van der Waals surface area contributed by atoms with Crippen LogP contribution in [0.25, 0.3) is 10.9 Å². The van der Waals surface area contributed by atoms with E-state index in [-0.39, 0.29) is 6.16 Å². The molecule has 2 aromatic rings. The summed E-state index contributed by atoms with van der Waals surface area (Å²) in [7, 11) is -2.32. The number of aryl methyl sites for hydroxylation is 1. The van der Waals surface area contributed by atoms with Gasteiger partial charge in [-0.05, 0) is 25.1 Å². The van der Waals surface area contributed by atoms with Crippen LogP contribution in [0, 0.1) is 6.92 Å². The number of aromatic nitrogens is 1. The number of benzene rings is 1. The number of fused-ring (bicyclic) bond motifs is 1. The van der Waals surface area contributed by atoms with Gasteiger partial charge in [-0.2, -0.15) is 0 Å². The fourth-order valence-electron chi connectivity index (χ4n) is 1.64. The Morgan fingerprint density at radius 1 is 1.35 bits per heavy atom. The van der Waals surface area contributed by atoms with Crippen LogP contribution in [-0.2, 0) is 15.3 Å². The van der Waals surface area contributed by atoms with Gasteiger partial charge >= 0.3 is 7.60 Å². The molecule has 0 aliphatic heterocycles. The minimum atomic E-state index is -3.55. The summed E-state index contributed by atoms with van der Waals surface area (Å²) in [6.45, 7) is 2.01. The topological polar surface area (TPSA) is 59.4 Å². The highest BCUT2D eigenvalue weighted by Crippen LogP contribution is 2.44. The van der Waals surface area contributed by atoms with Crippen molar-refractivity contribution in [1.82, 2.24) is 4.98 Å². The summed E-state index contributed by atoms with van der Waals surface area (Å²) in [5, 5.41) is 1.03. The summed E-state index contributed by atoms with van der Waals surface area (Å²) in [6, 6.07) is 9.56. The van der Waals surface area contributed by atoms with E-state index >= 15 is 0 Å². The molecule has 0 amide bonds. The van der Waals surface area contributed by atoms with Crippen molar-refractivity contribution < 1.29 is 14.0 Å². The molecule has 5 heteroatoms. The minimum absolute atomic E-state index is 0.0622. The van der Waals surface area contributed by atoms with Crippen molar-refractivity contribution in [2.45, 2.75) is 13.1 Å². The zero-order valence-electron chi connectivity index (χ0n) is 9.75. The van der Waals surface area contributed by atoms with Gasteiger partial charge in [0.15, 0.2) is 0 Å². The molecule has 4 nitrogen and oxygen atoms in total. The number of rotatable bonds is 3. The summed E-state index contributed by atoms with van der Waals surface area (Å²) in [4.78, 5) is 13.7.